The van der Waals surface area contributed by atoms with Gasteiger partial charge in [0.1, 0.15) is 0 Å². The molecule has 2 aromatic rings. The highest BCUT2D eigenvalue weighted by Gasteiger charge is 2.17. The van der Waals surface area contributed by atoms with Crippen molar-refractivity contribution in [3.63, 3.8) is 0 Å². The Kier molecular flexibility index (Phi) is 4.43. The first kappa shape index (κ1) is 14.6. The zero-order valence-corrected chi connectivity index (χ0v) is 11.9. The van der Waals surface area contributed by atoms with Crippen LogP contribution >= 0.6 is 0 Å². The van der Waals surface area contributed by atoms with Crippen LogP contribution in [0, 0.1) is 6.92 Å². The Labute approximate surface area is 118 Å². The maximum atomic E-state index is 12.3. The smallest absolute Gasteiger partial charge is 0.241 e. The van der Waals surface area contributed by atoms with Crippen LogP contribution in [0.4, 0.5) is 0 Å². The molecule has 0 aliphatic carbocycles. The number of nitrogens with two attached hydrogens (primary N) is 1. The Morgan fingerprint density at radius 3 is 2.70 bits per heavy atom. The first-order valence-electron chi connectivity index (χ1n) is 6.09. The molecule has 0 saturated carbocycles. The molecule has 0 radical (unpaired) electrons. The summed E-state index contributed by atoms with van der Waals surface area (Å²) in [7, 11) is -3.60. The van der Waals surface area contributed by atoms with Gasteiger partial charge >= 0.3 is 0 Å². The van der Waals surface area contributed by atoms with Gasteiger partial charge in [-0.1, -0.05) is 12.1 Å². The lowest BCUT2D eigenvalue weighted by Crippen LogP contribution is -2.25. The number of hydrogen-bond acceptors (Lipinski definition) is 5. The minimum absolute atomic E-state index is 0.0997. The average Bonchev–Trinajstić information content (AvgIpc) is 2.46. The number of aromatic nitrogens is 2. The fourth-order valence-corrected chi connectivity index (χ4v) is 3.13. The summed E-state index contributed by atoms with van der Waals surface area (Å²) in [4.78, 5) is 0.240. The molecule has 6 nitrogen and oxygen atoms in total. The number of nitrogens with one attached hydrogen (secondary N) is 1. The van der Waals surface area contributed by atoms with Gasteiger partial charge in [-0.25, -0.2) is 13.1 Å². The normalized spacial score (nSPS) is 11.5. The molecular weight excluding hydrogens is 276 g/mol. The van der Waals surface area contributed by atoms with E-state index in [1.54, 1.807) is 31.2 Å². The third-order valence-electron chi connectivity index (χ3n) is 2.98. The van der Waals surface area contributed by atoms with Crippen molar-refractivity contribution in [2.45, 2.75) is 24.9 Å². The molecular formula is C13H16N4O2S. The number of nitrogens with zero attached hydrogens (tertiary/aromatic N) is 2. The molecule has 7 heteroatoms. The van der Waals surface area contributed by atoms with E-state index >= 15 is 0 Å². The van der Waals surface area contributed by atoms with Crippen LogP contribution in [-0.4, -0.2) is 18.6 Å². The van der Waals surface area contributed by atoms with Crippen LogP contribution in [-0.2, 0) is 23.1 Å². The number of sulfonamides is 1. The second kappa shape index (κ2) is 6.08. The van der Waals surface area contributed by atoms with Crippen molar-refractivity contribution in [1.82, 2.24) is 14.9 Å². The Balaban J connectivity index is 2.23. The topological polar surface area (TPSA) is 98.0 Å². The summed E-state index contributed by atoms with van der Waals surface area (Å²) in [6.45, 7) is 2.15. The third-order valence-corrected chi connectivity index (χ3v) is 4.52. The van der Waals surface area contributed by atoms with Crippen LogP contribution in [0.3, 0.4) is 0 Å². The third kappa shape index (κ3) is 3.19. The highest BCUT2D eigenvalue weighted by Crippen LogP contribution is 2.18. The number of benzene rings is 1. The largest absolute Gasteiger partial charge is 0.326 e. The predicted octanol–water partition coefficient (Wildman–Crippen LogP) is 0.722. The molecule has 2 rings (SSSR count). The first-order valence-corrected chi connectivity index (χ1v) is 7.57. The monoisotopic (exact) mass is 292 g/mol. The SMILES string of the molecule is Cc1c(CN)cccc1S(=O)(=O)NCc1cccnn1. The maximum Gasteiger partial charge on any atom is 0.241 e. The van der Waals surface area contributed by atoms with Gasteiger partial charge in [-0.2, -0.15) is 10.2 Å². The van der Waals surface area contributed by atoms with Gasteiger partial charge < -0.3 is 5.73 Å². The molecule has 3 N–H and O–H groups in total. The molecule has 0 aliphatic heterocycles. The predicted molar refractivity (Wildman–Crippen MR) is 75.1 cm³/mol. The molecule has 0 atom stereocenters. The van der Waals surface area contributed by atoms with Gasteiger partial charge in [-0.15, -0.1) is 0 Å². The van der Waals surface area contributed by atoms with Gasteiger partial charge in [-0.3, -0.25) is 0 Å². The highest BCUT2D eigenvalue weighted by atomic mass is 32.2. The van der Waals surface area contributed by atoms with E-state index in [0.29, 0.717) is 17.8 Å². The van der Waals surface area contributed by atoms with Gasteiger partial charge in [0.05, 0.1) is 17.1 Å². The quantitative estimate of drug-likeness (QED) is 0.846. The van der Waals surface area contributed by atoms with Crippen LogP contribution in [0.25, 0.3) is 0 Å². The summed E-state index contributed by atoms with van der Waals surface area (Å²) < 4.78 is 27.1. The lowest BCUT2D eigenvalue weighted by molar-refractivity contribution is 0.579. The Morgan fingerprint density at radius 1 is 1.25 bits per heavy atom. The average molecular weight is 292 g/mol. The zero-order chi connectivity index (χ0) is 14.6. The second-order valence-corrected chi connectivity index (χ2v) is 6.02. The minimum atomic E-state index is -3.60. The second-order valence-electron chi connectivity index (χ2n) is 4.28. The van der Waals surface area contributed by atoms with Crippen molar-refractivity contribution in [2.75, 3.05) is 0 Å². The molecule has 1 aromatic heterocycles. The van der Waals surface area contributed by atoms with Crippen LogP contribution in [0.5, 0.6) is 0 Å². The lowest BCUT2D eigenvalue weighted by atomic mass is 10.1. The molecule has 1 aromatic carbocycles. The molecule has 106 valence electrons. The van der Waals surface area contributed by atoms with Crippen LogP contribution in [0.15, 0.2) is 41.4 Å². The summed E-state index contributed by atoms with van der Waals surface area (Å²) in [5.41, 5.74) is 7.63. The van der Waals surface area contributed by atoms with Gasteiger partial charge in [0, 0.05) is 12.7 Å². The Hall–Kier alpha value is -1.83. The lowest BCUT2D eigenvalue weighted by Gasteiger charge is -2.11. The summed E-state index contributed by atoms with van der Waals surface area (Å²) in [5.74, 6) is 0. The van der Waals surface area contributed by atoms with E-state index in [4.69, 9.17) is 5.73 Å². The fraction of sp³-hybridized carbons (Fsp3) is 0.231. The van der Waals surface area contributed by atoms with E-state index in [2.05, 4.69) is 14.9 Å². The summed E-state index contributed by atoms with van der Waals surface area (Å²) >= 11 is 0. The van der Waals surface area contributed by atoms with Gasteiger partial charge in [0.15, 0.2) is 0 Å². The molecule has 0 aliphatic rings. The van der Waals surface area contributed by atoms with Crippen molar-refractivity contribution in [3.05, 3.63) is 53.3 Å². The number of hydrogen-bond donors (Lipinski definition) is 2. The Bertz CT molecular complexity index is 687. The van der Waals surface area contributed by atoms with Gasteiger partial charge in [0.25, 0.3) is 0 Å². The number of rotatable bonds is 5. The molecule has 0 spiro atoms. The van der Waals surface area contributed by atoms with Crippen molar-refractivity contribution in [3.8, 4) is 0 Å². The standard InChI is InChI=1S/C13H16N4O2S/c1-10-11(8-14)4-2-6-13(10)20(18,19)16-9-12-5-3-7-15-17-12/h2-7,16H,8-9,14H2,1H3. The van der Waals surface area contributed by atoms with Crippen molar-refractivity contribution in [2.24, 2.45) is 5.73 Å². The Morgan fingerprint density at radius 2 is 2.05 bits per heavy atom. The highest BCUT2D eigenvalue weighted by molar-refractivity contribution is 7.89. The van der Waals surface area contributed by atoms with E-state index < -0.39 is 10.0 Å². The van der Waals surface area contributed by atoms with Gasteiger partial charge in [0.2, 0.25) is 10.0 Å². The van der Waals surface area contributed by atoms with E-state index in [1.165, 1.54) is 6.20 Å². The van der Waals surface area contributed by atoms with Gasteiger partial charge in [-0.05, 0) is 36.2 Å². The summed E-state index contributed by atoms with van der Waals surface area (Å²) in [5, 5.41) is 7.54. The minimum Gasteiger partial charge on any atom is -0.326 e. The van der Waals surface area contributed by atoms with Crippen molar-refractivity contribution >= 4 is 10.0 Å². The van der Waals surface area contributed by atoms with Crippen LogP contribution < -0.4 is 10.5 Å². The molecule has 0 amide bonds. The van der Waals surface area contributed by atoms with Crippen LogP contribution in [0.1, 0.15) is 16.8 Å². The van der Waals surface area contributed by atoms with Crippen molar-refractivity contribution < 1.29 is 8.42 Å². The molecule has 0 saturated heterocycles. The van der Waals surface area contributed by atoms with E-state index in [0.717, 1.165) is 5.56 Å². The van der Waals surface area contributed by atoms with E-state index in [-0.39, 0.29) is 11.4 Å². The van der Waals surface area contributed by atoms with Crippen molar-refractivity contribution in [1.29, 1.82) is 0 Å². The molecule has 0 fully saturated rings. The van der Waals surface area contributed by atoms with Crippen LogP contribution in [0.2, 0.25) is 0 Å². The molecule has 20 heavy (non-hydrogen) atoms. The molecule has 1 heterocycles. The van der Waals surface area contributed by atoms with E-state index in [9.17, 15) is 8.42 Å². The molecule has 0 unspecified atom stereocenters. The maximum absolute atomic E-state index is 12.3. The zero-order valence-electron chi connectivity index (χ0n) is 11.1. The van der Waals surface area contributed by atoms with E-state index in [1.807, 2.05) is 6.07 Å². The molecule has 0 bridgehead atoms. The summed E-state index contributed by atoms with van der Waals surface area (Å²) in [6, 6.07) is 8.48. The first-order chi connectivity index (χ1) is 9.54. The summed E-state index contributed by atoms with van der Waals surface area (Å²) in [6.07, 6.45) is 1.53. The fourth-order valence-electron chi connectivity index (χ4n) is 1.85.